The fraction of sp³-hybridized carbons (Fsp3) is 0.182. The highest BCUT2D eigenvalue weighted by Gasteiger charge is 2.07. The maximum atomic E-state index is 12.2. The van der Waals surface area contributed by atoms with E-state index < -0.39 is 0 Å². The Bertz CT molecular complexity index is 856. The van der Waals surface area contributed by atoms with Crippen molar-refractivity contribution in [2.24, 2.45) is 0 Å². The topological polar surface area (TPSA) is 56.1 Å². The number of amides is 1. The maximum Gasteiger partial charge on any atom is 0.262 e. The number of hydrogen-bond donors (Lipinski definition) is 1. The first-order chi connectivity index (χ1) is 12.5. The van der Waals surface area contributed by atoms with Crippen LogP contribution in [0.15, 0.2) is 66.3 Å². The van der Waals surface area contributed by atoms with Gasteiger partial charge in [-0.3, -0.25) is 4.79 Å². The molecule has 0 aromatic heterocycles. The zero-order valence-electron chi connectivity index (χ0n) is 15.4. The number of hydrogen-bond acceptors (Lipinski definition) is 3. The standard InChI is InChI=1S/C22H23N3O/c1-17-6-4-8-19(14-17)16-24-22(26)20(15-23)9-5-7-18-10-12-21(13-11-18)25(2)3/h4-14H,16H2,1-3H3,(H,24,26)/b7-5+,20-9+. The number of nitrogens with one attached hydrogen (secondary N) is 1. The molecule has 4 heteroatoms. The van der Waals surface area contributed by atoms with Crippen molar-refractivity contribution in [3.05, 3.63) is 82.9 Å². The van der Waals surface area contributed by atoms with Gasteiger partial charge in [0, 0.05) is 26.3 Å². The molecule has 0 aliphatic heterocycles. The van der Waals surface area contributed by atoms with Crippen molar-refractivity contribution in [1.29, 1.82) is 5.26 Å². The molecule has 2 rings (SSSR count). The van der Waals surface area contributed by atoms with Crippen molar-refractivity contribution in [3.63, 3.8) is 0 Å². The minimum atomic E-state index is -0.374. The summed E-state index contributed by atoms with van der Waals surface area (Å²) in [4.78, 5) is 14.2. The fourth-order valence-electron chi connectivity index (χ4n) is 2.40. The average Bonchev–Trinajstić information content (AvgIpc) is 2.64. The minimum absolute atomic E-state index is 0.0822. The molecule has 0 aliphatic carbocycles. The Labute approximate surface area is 155 Å². The summed E-state index contributed by atoms with van der Waals surface area (Å²) >= 11 is 0. The lowest BCUT2D eigenvalue weighted by Crippen LogP contribution is -2.23. The number of allylic oxidation sites excluding steroid dienone is 2. The second-order valence-corrected chi connectivity index (χ2v) is 6.21. The van der Waals surface area contributed by atoms with Gasteiger partial charge in [0.05, 0.1) is 0 Å². The second kappa shape index (κ2) is 9.24. The van der Waals surface area contributed by atoms with Crippen LogP contribution < -0.4 is 10.2 Å². The van der Waals surface area contributed by atoms with Gasteiger partial charge in [0.2, 0.25) is 0 Å². The summed E-state index contributed by atoms with van der Waals surface area (Å²) < 4.78 is 0. The van der Waals surface area contributed by atoms with E-state index in [-0.39, 0.29) is 11.5 Å². The SMILES string of the molecule is Cc1cccc(CNC(=O)/C(C#N)=C/C=C/c2ccc(N(C)C)cc2)c1. The molecule has 0 heterocycles. The first-order valence-electron chi connectivity index (χ1n) is 8.39. The molecule has 0 atom stereocenters. The van der Waals surface area contributed by atoms with E-state index in [4.69, 9.17) is 0 Å². The summed E-state index contributed by atoms with van der Waals surface area (Å²) in [6.07, 6.45) is 5.12. The fourth-order valence-corrected chi connectivity index (χ4v) is 2.40. The van der Waals surface area contributed by atoms with Crippen LogP contribution in [0.2, 0.25) is 0 Å². The molecule has 4 nitrogen and oxygen atoms in total. The van der Waals surface area contributed by atoms with Gasteiger partial charge in [-0.15, -0.1) is 0 Å². The summed E-state index contributed by atoms with van der Waals surface area (Å²) in [7, 11) is 3.98. The van der Waals surface area contributed by atoms with Crippen LogP contribution in [0.1, 0.15) is 16.7 Å². The third-order valence-electron chi connectivity index (χ3n) is 3.86. The van der Waals surface area contributed by atoms with Gasteiger partial charge in [-0.25, -0.2) is 0 Å². The van der Waals surface area contributed by atoms with Crippen LogP contribution in [0.25, 0.3) is 6.08 Å². The number of anilines is 1. The molecule has 0 aliphatic rings. The van der Waals surface area contributed by atoms with Gasteiger partial charge in [-0.05, 0) is 36.3 Å². The minimum Gasteiger partial charge on any atom is -0.378 e. The number of aryl methyl sites for hydroxylation is 1. The molecule has 0 fully saturated rings. The first kappa shape index (κ1) is 19.0. The molecule has 0 saturated heterocycles. The summed E-state index contributed by atoms with van der Waals surface area (Å²) in [5.41, 5.74) is 4.34. The lowest BCUT2D eigenvalue weighted by molar-refractivity contribution is -0.117. The number of carbonyl (C=O) groups is 1. The molecule has 2 aromatic carbocycles. The van der Waals surface area contributed by atoms with Crippen LogP contribution in [0, 0.1) is 18.3 Å². The van der Waals surface area contributed by atoms with Crippen LogP contribution in [0.4, 0.5) is 5.69 Å². The predicted octanol–water partition coefficient (Wildman–Crippen LogP) is 3.84. The van der Waals surface area contributed by atoms with Crippen LogP contribution in [-0.2, 0) is 11.3 Å². The summed E-state index contributed by atoms with van der Waals surface area (Å²) in [6, 6.07) is 17.9. The Morgan fingerprint density at radius 3 is 2.54 bits per heavy atom. The highest BCUT2D eigenvalue weighted by atomic mass is 16.1. The Kier molecular flexibility index (Phi) is 6.75. The second-order valence-electron chi connectivity index (χ2n) is 6.21. The number of rotatable bonds is 6. The van der Waals surface area contributed by atoms with Gasteiger partial charge in [-0.1, -0.05) is 54.1 Å². The van der Waals surface area contributed by atoms with Crippen molar-refractivity contribution in [2.75, 3.05) is 19.0 Å². The third-order valence-corrected chi connectivity index (χ3v) is 3.86. The lowest BCUT2D eigenvalue weighted by atomic mass is 10.1. The number of nitriles is 1. The molecule has 0 unspecified atom stereocenters. The number of carbonyl (C=O) groups excluding carboxylic acids is 1. The number of benzene rings is 2. The van der Waals surface area contributed by atoms with E-state index in [1.165, 1.54) is 6.08 Å². The molecule has 0 spiro atoms. The molecule has 132 valence electrons. The molecule has 0 saturated carbocycles. The molecular formula is C22H23N3O. The predicted molar refractivity (Wildman–Crippen MR) is 107 cm³/mol. The van der Waals surface area contributed by atoms with E-state index >= 15 is 0 Å². The van der Waals surface area contributed by atoms with Crippen molar-refractivity contribution < 1.29 is 4.79 Å². The molecule has 0 bridgehead atoms. The van der Waals surface area contributed by atoms with E-state index in [9.17, 15) is 10.1 Å². The van der Waals surface area contributed by atoms with E-state index in [1.54, 1.807) is 6.08 Å². The van der Waals surface area contributed by atoms with E-state index in [0.29, 0.717) is 6.54 Å². The lowest BCUT2D eigenvalue weighted by Gasteiger charge is -2.11. The molecule has 2 aromatic rings. The number of nitrogens with zero attached hydrogens (tertiary/aromatic N) is 2. The first-order valence-corrected chi connectivity index (χ1v) is 8.39. The quantitative estimate of drug-likeness (QED) is 0.492. The highest BCUT2D eigenvalue weighted by Crippen LogP contribution is 2.13. The third kappa shape index (κ3) is 5.64. The van der Waals surface area contributed by atoms with Gasteiger partial charge >= 0.3 is 0 Å². The Balaban J connectivity index is 1.97. The van der Waals surface area contributed by atoms with Crippen molar-refractivity contribution >= 4 is 17.7 Å². The van der Waals surface area contributed by atoms with Crippen molar-refractivity contribution in [2.45, 2.75) is 13.5 Å². The van der Waals surface area contributed by atoms with Crippen molar-refractivity contribution in [3.8, 4) is 6.07 Å². The molecular weight excluding hydrogens is 322 g/mol. The normalized spacial score (nSPS) is 11.2. The smallest absolute Gasteiger partial charge is 0.262 e. The molecule has 26 heavy (non-hydrogen) atoms. The highest BCUT2D eigenvalue weighted by molar-refractivity contribution is 5.97. The van der Waals surface area contributed by atoms with Gasteiger partial charge in [-0.2, -0.15) is 5.26 Å². The van der Waals surface area contributed by atoms with E-state index in [1.807, 2.05) is 86.6 Å². The van der Waals surface area contributed by atoms with E-state index in [0.717, 1.165) is 22.4 Å². The van der Waals surface area contributed by atoms with Crippen LogP contribution in [0.3, 0.4) is 0 Å². The zero-order valence-corrected chi connectivity index (χ0v) is 15.4. The Hall–Kier alpha value is -3.32. The molecule has 1 N–H and O–H groups in total. The summed E-state index contributed by atoms with van der Waals surface area (Å²) in [5, 5.41) is 12.0. The van der Waals surface area contributed by atoms with Crippen LogP contribution in [0.5, 0.6) is 0 Å². The monoisotopic (exact) mass is 345 g/mol. The van der Waals surface area contributed by atoms with Gasteiger partial charge < -0.3 is 10.2 Å². The zero-order chi connectivity index (χ0) is 18.9. The molecule has 1 amide bonds. The largest absolute Gasteiger partial charge is 0.378 e. The summed E-state index contributed by atoms with van der Waals surface area (Å²) in [6.45, 7) is 2.40. The van der Waals surface area contributed by atoms with Gasteiger partial charge in [0.15, 0.2) is 0 Å². The van der Waals surface area contributed by atoms with Crippen molar-refractivity contribution in [1.82, 2.24) is 5.32 Å². The summed E-state index contributed by atoms with van der Waals surface area (Å²) in [5.74, 6) is -0.374. The van der Waals surface area contributed by atoms with Gasteiger partial charge in [0.25, 0.3) is 5.91 Å². The van der Waals surface area contributed by atoms with Gasteiger partial charge in [0.1, 0.15) is 11.6 Å². The Morgan fingerprint density at radius 2 is 1.92 bits per heavy atom. The van der Waals surface area contributed by atoms with Crippen LogP contribution in [-0.4, -0.2) is 20.0 Å². The average molecular weight is 345 g/mol. The van der Waals surface area contributed by atoms with Crippen LogP contribution >= 0.6 is 0 Å². The molecule has 0 radical (unpaired) electrons. The maximum absolute atomic E-state index is 12.2. The Morgan fingerprint density at radius 1 is 1.19 bits per heavy atom. The van der Waals surface area contributed by atoms with E-state index in [2.05, 4.69) is 5.32 Å².